The minimum absolute atomic E-state index is 0.683. The molecule has 3 aromatic rings. The molecule has 0 fully saturated rings. The molecule has 0 amide bonds. The molecule has 3 rings (SSSR count). The molecule has 3 aromatic heterocycles. The first-order valence-electron chi connectivity index (χ1n) is 4.51. The summed E-state index contributed by atoms with van der Waals surface area (Å²) in [5, 5.41) is 12.1. The lowest BCUT2D eigenvalue weighted by molar-refractivity contribution is 0.827. The Morgan fingerprint density at radius 2 is 2.20 bits per heavy atom. The van der Waals surface area contributed by atoms with Gasteiger partial charge in [-0.1, -0.05) is 0 Å². The highest BCUT2D eigenvalue weighted by atomic mass is 15.3. The van der Waals surface area contributed by atoms with Crippen molar-refractivity contribution in [2.45, 2.75) is 6.92 Å². The maximum absolute atomic E-state index is 4.28. The molecule has 3 heterocycles. The SMILES string of the molecule is Cc1ccn(-c2nccn3cnnc23)n1. The highest BCUT2D eigenvalue weighted by Gasteiger charge is 2.07. The van der Waals surface area contributed by atoms with Gasteiger partial charge in [0.2, 0.25) is 5.65 Å². The zero-order chi connectivity index (χ0) is 10.3. The molecule has 0 spiro atoms. The first-order valence-corrected chi connectivity index (χ1v) is 4.51. The molecular weight excluding hydrogens is 192 g/mol. The quantitative estimate of drug-likeness (QED) is 0.577. The van der Waals surface area contributed by atoms with E-state index in [2.05, 4.69) is 20.3 Å². The predicted octanol–water partition coefficient (Wildman–Crippen LogP) is 0.618. The fourth-order valence-electron chi connectivity index (χ4n) is 1.44. The summed E-state index contributed by atoms with van der Waals surface area (Å²) in [5.41, 5.74) is 1.64. The van der Waals surface area contributed by atoms with Gasteiger partial charge >= 0.3 is 0 Å². The Hall–Kier alpha value is -2.24. The van der Waals surface area contributed by atoms with Crippen molar-refractivity contribution in [2.75, 3.05) is 0 Å². The molecule has 6 heteroatoms. The second-order valence-electron chi connectivity index (χ2n) is 3.21. The average molecular weight is 200 g/mol. The Bertz CT molecular complexity index is 608. The molecule has 0 saturated carbocycles. The molecule has 0 aliphatic carbocycles. The van der Waals surface area contributed by atoms with Crippen LogP contribution in [0, 0.1) is 6.92 Å². The van der Waals surface area contributed by atoms with Crippen LogP contribution in [0.25, 0.3) is 11.5 Å². The van der Waals surface area contributed by atoms with Crippen molar-refractivity contribution in [3.63, 3.8) is 0 Å². The summed E-state index contributed by atoms with van der Waals surface area (Å²) < 4.78 is 3.50. The molecule has 0 saturated heterocycles. The van der Waals surface area contributed by atoms with Crippen molar-refractivity contribution in [2.24, 2.45) is 0 Å². The Morgan fingerprint density at radius 3 is 3.00 bits per heavy atom. The van der Waals surface area contributed by atoms with E-state index in [-0.39, 0.29) is 0 Å². The Balaban J connectivity index is 2.30. The maximum Gasteiger partial charge on any atom is 0.205 e. The van der Waals surface area contributed by atoms with Gasteiger partial charge in [-0.15, -0.1) is 10.2 Å². The molecule has 0 aliphatic heterocycles. The first kappa shape index (κ1) is 8.10. The number of rotatable bonds is 1. The largest absolute Gasteiger partial charge is 0.284 e. The lowest BCUT2D eigenvalue weighted by Gasteiger charge is -2.00. The Morgan fingerprint density at radius 1 is 1.27 bits per heavy atom. The molecule has 0 aliphatic rings. The summed E-state index contributed by atoms with van der Waals surface area (Å²) in [7, 11) is 0. The van der Waals surface area contributed by atoms with E-state index < -0.39 is 0 Å². The number of nitrogens with zero attached hydrogens (tertiary/aromatic N) is 6. The molecule has 74 valence electrons. The number of fused-ring (bicyclic) bond motifs is 1. The smallest absolute Gasteiger partial charge is 0.205 e. The van der Waals surface area contributed by atoms with E-state index in [0.29, 0.717) is 11.5 Å². The van der Waals surface area contributed by atoms with Crippen LogP contribution in [-0.4, -0.2) is 29.4 Å². The third-order valence-electron chi connectivity index (χ3n) is 2.14. The molecule has 0 unspecified atom stereocenters. The summed E-state index contributed by atoms with van der Waals surface area (Å²) in [4.78, 5) is 4.24. The van der Waals surface area contributed by atoms with E-state index in [1.165, 1.54) is 0 Å². The van der Waals surface area contributed by atoms with E-state index in [1.54, 1.807) is 27.8 Å². The second kappa shape index (κ2) is 2.88. The fourth-order valence-corrected chi connectivity index (χ4v) is 1.44. The van der Waals surface area contributed by atoms with E-state index in [9.17, 15) is 0 Å². The topological polar surface area (TPSA) is 60.9 Å². The molecular formula is C9H8N6. The van der Waals surface area contributed by atoms with Crippen LogP contribution in [0.2, 0.25) is 0 Å². The van der Waals surface area contributed by atoms with Crippen molar-refractivity contribution in [1.29, 1.82) is 0 Å². The normalized spacial score (nSPS) is 11.0. The molecule has 15 heavy (non-hydrogen) atoms. The van der Waals surface area contributed by atoms with Crippen molar-refractivity contribution in [1.82, 2.24) is 29.4 Å². The Kier molecular flexibility index (Phi) is 1.55. The van der Waals surface area contributed by atoms with Gasteiger partial charge in [-0.2, -0.15) is 5.10 Å². The number of aromatic nitrogens is 6. The molecule has 0 atom stereocenters. The van der Waals surface area contributed by atoms with Crippen molar-refractivity contribution >= 4 is 5.65 Å². The number of hydrogen-bond acceptors (Lipinski definition) is 4. The second-order valence-corrected chi connectivity index (χ2v) is 3.21. The van der Waals surface area contributed by atoms with E-state index in [0.717, 1.165) is 5.69 Å². The van der Waals surface area contributed by atoms with Crippen LogP contribution in [0.3, 0.4) is 0 Å². The van der Waals surface area contributed by atoms with E-state index in [1.807, 2.05) is 19.2 Å². The molecule has 0 N–H and O–H groups in total. The van der Waals surface area contributed by atoms with Gasteiger partial charge < -0.3 is 0 Å². The number of hydrogen-bond donors (Lipinski definition) is 0. The minimum Gasteiger partial charge on any atom is -0.284 e. The average Bonchev–Trinajstić information content (AvgIpc) is 2.84. The fraction of sp³-hybridized carbons (Fsp3) is 0.111. The van der Waals surface area contributed by atoms with Crippen LogP contribution < -0.4 is 0 Å². The van der Waals surface area contributed by atoms with E-state index in [4.69, 9.17) is 0 Å². The summed E-state index contributed by atoms with van der Waals surface area (Å²) in [6, 6.07) is 1.92. The first-order chi connectivity index (χ1) is 7.34. The lowest BCUT2D eigenvalue weighted by atomic mass is 10.5. The van der Waals surface area contributed by atoms with Crippen LogP contribution in [0.5, 0.6) is 0 Å². The highest BCUT2D eigenvalue weighted by Crippen LogP contribution is 2.09. The predicted molar refractivity (Wildman–Crippen MR) is 52.6 cm³/mol. The summed E-state index contributed by atoms with van der Waals surface area (Å²) in [6.07, 6.45) is 6.99. The zero-order valence-corrected chi connectivity index (χ0v) is 8.07. The van der Waals surface area contributed by atoms with Crippen LogP contribution in [0.15, 0.2) is 31.0 Å². The van der Waals surface area contributed by atoms with Crippen LogP contribution >= 0.6 is 0 Å². The number of aryl methyl sites for hydroxylation is 1. The molecule has 0 aromatic carbocycles. The standard InChI is InChI=1S/C9H8N6/c1-7-2-4-15(13-7)8-9-12-11-6-14(9)5-3-10-8/h2-6H,1H3. The van der Waals surface area contributed by atoms with Crippen molar-refractivity contribution in [3.05, 3.63) is 36.7 Å². The van der Waals surface area contributed by atoms with Crippen LogP contribution in [0.4, 0.5) is 0 Å². The molecule has 0 radical (unpaired) electrons. The maximum atomic E-state index is 4.28. The van der Waals surface area contributed by atoms with Gasteiger partial charge in [0.05, 0.1) is 5.69 Å². The zero-order valence-electron chi connectivity index (χ0n) is 8.07. The van der Waals surface area contributed by atoms with Gasteiger partial charge in [0.25, 0.3) is 0 Å². The monoisotopic (exact) mass is 200 g/mol. The third-order valence-corrected chi connectivity index (χ3v) is 2.14. The van der Waals surface area contributed by atoms with Gasteiger partial charge in [-0.05, 0) is 13.0 Å². The van der Waals surface area contributed by atoms with Gasteiger partial charge in [0.15, 0.2) is 5.82 Å². The van der Waals surface area contributed by atoms with Crippen LogP contribution in [-0.2, 0) is 0 Å². The van der Waals surface area contributed by atoms with Gasteiger partial charge in [-0.25, -0.2) is 9.67 Å². The molecule has 6 nitrogen and oxygen atoms in total. The summed E-state index contributed by atoms with van der Waals surface area (Å²) in [5.74, 6) is 0.683. The van der Waals surface area contributed by atoms with Crippen molar-refractivity contribution in [3.8, 4) is 5.82 Å². The minimum atomic E-state index is 0.683. The molecule has 0 bridgehead atoms. The van der Waals surface area contributed by atoms with E-state index >= 15 is 0 Å². The highest BCUT2D eigenvalue weighted by molar-refractivity contribution is 5.52. The van der Waals surface area contributed by atoms with Gasteiger partial charge in [-0.3, -0.25) is 4.40 Å². The van der Waals surface area contributed by atoms with Crippen LogP contribution in [0.1, 0.15) is 5.69 Å². The van der Waals surface area contributed by atoms with Gasteiger partial charge in [0.1, 0.15) is 6.33 Å². The summed E-state index contributed by atoms with van der Waals surface area (Å²) >= 11 is 0. The third kappa shape index (κ3) is 1.18. The summed E-state index contributed by atoms with van der Waals surface area (Å²) in [6.45, 7) is 1.93. The Labute approximate surface area is 85.2 Å². The van der Waals surface area contributed by atoms with Crippen molar-refractivity contribution < 1.29 is 0 Å². The van der Waals surface area contributed by atoms with Gasteiger partial charge in [0, 0.05) is 18.6 Å². The lowest BCUT2D eigenvalue weighted by Crippen LogP contribution is -2.01.